The third-order valence-electron chi connectivity index (χ3n) is 1.32. The molecular weight excluding hydrogens is 126 g/mol. The Morgan fingerprint density at radius 2 is 2.30 bits per heavy atom. The lowest BCUT2D eigenvalue weighted by molar-refractivity contribution is 0.711. The quantitative estimate of drug-likeness (QED) is 0.605. The van der Waals surface area contributed by atoms with Crippen molar-refractivity contribution < 1.29 is 0 Å². The van der Waals surface area contributed by atoms with Crippen LogP contribution in [0.25, 0.3) is 0 Å². The molecule has 1 atom stereocenters. The molecule has 4 N–H and O–H groups in total. The van der Waals surface area contributed by atoms with Crippen LogP contribution in [-0.2, 0) is 0 Å². The standard InChI is InChI=1S/C7H11N3/c8-5-6(9)7-3-1-2-4-10-7/h1-4,6H,5,8-9H2/t6-/m0/s1. The van der Waals surface area contributed by atoms with Gasteiger partial charge in [-0.15, -0.1) is 0 Å². The molecule has 3 nitrogen and oxygen atoms in total. The Balaban J connectivity index is 2.75. The molecule has 0 saturated heterocycles. The average Bonchev–Trinajstić information content (AvgIpc) is 2.05. The summed E-state index contributed by atoms with van der Waals surface area (Å²) in [6, 6.07) is 5.50. The first kappa shape index (κ1) is 7.18. The number of aromatic nitrogens is 1. The van der Waals surface area contributed by atoms with Crippen LogP contribution in [0.4, 0.5) is 0 Å². The van der Waals surface area contributed by atoms with Gasteiger partial charge in [0, 0.05) is 12.7 Å². The molecule has 54 valence electrons. The molecular formula is C7H11N3. The van der Waals surface area contributed by atoms with Crippen LogP contribution in [0, 0.1) is 0 Å². The highest BCUT2D eigenvalue weighted by Crippen LogP contribution is 2.02. The Kier molecular flexibility index (Phi) is 2.36. The normalized spacial score (nSPS) is 13.0. The maximum atomic E-state index is 5.61. The van der Waals surface area contributed by atoms with Crippen molar-refractivity contribution in [2.75, 3.05) is 6.54 Å². The molecule has 0 bridgehead atoms. The van der Waals surface area contributed by atoms with Crippen molar-refractivity contribution in [1.82, 2.24) is 4.98 Å². The predicted octanol–water partition coefficient (Wildman–Crippen LogP) is 0.0401. The Morgan fingerprint density at radius 1 is 1.50 bits per heavy atom. The van der Waals surface area contributed by atoms with E-state index in [1.54, 1.807) is 6.20 Å². The minimum atomic E-state index is -0.124. The fraction of sp³-hybridized carbons (Fsp3) is 0.286. The summed E-state index contributed by atoms with van der Waals surface area (Å²) < 4.78 is 0. The zero-order valence-corrected chi connectivity index (χ0v) is 5.70. The molecule has 3 heteroatoms. The van der Waals surface area contributed by atoms with E-state index in [0.29, 0.717) is 6.54 Å². The van der Waals surface area contributed by atoms with E-state index in [9.17, 15) is 0 Å². The number of nitrogens with two attached hydrogens (primary N) is 2. The first-order valence-corrected chi connectivity index (χ1v) is 3.21. The van der Waals surface area contributed by atoms with E-state index in [0.717, 1.165) is 5.69 Å². The van der Waals surface area contributed by atoms with Crippen LogP contribution < -0.4 is 11.5 Å². The second-order valence-corrected chi connectivity index (χ2v) is 2.10. The molecule has 1 heterocycles. The fourth-order valence-corrected chi connectivity index (χ4v) is 0.716. The van der Waals surface area contributed by atoms with Crippen molar-refractivity contribution in [3.8, 4) is 0 Å². The summed E-state index contributed by atoms with van der Waals surface area (Å²) in [6.07, 6.45) is 1.71. The summed E-state index contributed by atoms with van der Waals surface area (Å²) >= 11 is 0. The summed E-state index contributed by atoms with van der Waals surface area (Å²) in [5.74, 6) is 0. The van der Waals surface area contributed by atoms with Crippen LogP contribution in [0.15, 0.2) is 24.4 Å². The fourth-order valence-electron chi connectivity index (χ4n) is 0.716. The first-order chi connectivity index (χ1) is 4.84. The Morgan fingerprint density at radius 3 is 2.80 bits per heavy atom. The van der Waals surface area contributed by atoms with E-state index >= 15 is 0 Å². The smallest absolute Gasteiger partial charge is 0.0594 e. The van der Waals surface area contributed by atoms with Gasteiger partial charge in [-0.05, 0) is 12.1 Å². The van der Waals surface area contributed by atoms with E-state index in [-0.39, 0.29) is 6.04 Å². The molecule has 0 unspecified atom stereocenters. The molecule has 0 aliphatic heterocycles. The van der Waals surface area contributed by atoms with Gasteiger partial charge >= 0.3 is 0 Å². The Labute approximate surface area is 60.1 Å². The monoisotopic (exact) mass is 137 g/mol. The molecule has 0 aliphatic rings. The van der Waals surface area contributed by atoms with E-state index in [2.05, 4.69) is 4.98 Å². The van der Waals surface area contributed by atoms with Crippen LogP contribution >= 0.6 is 0 Å². The van der Waals surface area contributed by atoms with Crippen LogP contribution in [-0.4, -0.2) is 11.5 Å². The molecule has 0 amide bonds. The molecule has 1 aromatic rings. The molecule has 0 fully saturated rings. The number of hydrogen-bond donors (Lipinski definition) is 2. The maximum absolute atomic E-state index is 5.61. The number of pyridine rings is 1. The van der Waals surface area contributed by atoms with Crippen LogP contribution in [0.5, 0.6) is 0 Å². The van der Waals surface area contributed by atoms with E-state index in [1.165, 1.54) is 0 Å². The molecule has 0 saturated carbocycles. The van der Waals surface area contributed by atoms with Gasteiger partial charge in [-0.3, -0.25) is 4.98 Å². The molecule has 1 aromatic heterocycles. The second kappa shape index (κ2) is 3.29. The highest BCUT2D eigenvalue weighted by atomic mass is 14.8. The first-order valence-electron chi connectivity index (χ1n) is 3.21. The summed E-state index contributed by atoms with van der Waals surface area (Å²) in [6.45, 7) is 0.441. The number of hydrogen-bond acceptors (Lipinski definition) is 3. The van der Waals surface area contributed by atoms with Gasteiger partial charge in [-0.25, -0.2) is 0 Å². The van der Waals surface area contributed by atoms with Crippen LogP contribution in [0.3, 0.4) is 0 Å². The summed E-state index contributed by atoms with van der Waals surface area (Å²) in [5.41, 5.74) is 11.8. The van der Waals surface area contributed by atoms with Gasteiger partial charge in [0.2, 0.25) is 0 Å². The molecule has 10 heavy (non-hydrogen) atoms. The van der Waals surface area contributed by atoms with Gasteiger partial charge in [0.1, 0.15) is 0 Å². The Bertz CT molecular complexity index is 185. The molecule has 1 rings (SSSR count). The van der Waals surface area contributed by atoms with Crippen molar-refractivity contribution in [2.45, 2.75) is 6.04 Å². The van der Waals surface area contributed by atoms with Gasteiger partial charge < -0.3 is 11.5 Å². The van der Waals surface area contributed by atoms with Gasteiger partial charge in [0.05, 0.1) is 11.7 Å². The van der Waals surface area contributed by atoms with E-state index < -0.39 is 0 Å². The number of nitrogens with zero attached hydrogens (tertiary/aromatic N) is 1. The van der Waals surface area contributed by atoms with E-state index in [4.69, 9.17) is 11.5 Å². The summed E-state index contributed by atoms with van der Waals surface area (Å²) in [4.78, 5) is 4.04. The van der Waals surface area contributed by atoms with Gasteiger partial charge in [-0.2, -0.15) is 0 Å². The number of rotatable bonds is 2. The predicted molar refractivity (Wildman–Crippen MR) is 40.2 cm³/mol. The zero-order chi connectivity index (χ0) is 7.40. The largest absolute Gasteiger partial charge is 0.329 e. The van der Waals surface area contributed by atoms with Crippen molar-refractivity contribution in [1.29, 1.82) is 0 Å². The molecule has 0 aliphatic carbocycles. The summed E-state index contributed by atoms with van der Waals surface area (Å²) in [7, 11) is 0. The van der Waals surface area contributed by atoms with Crippen molar-refractivity contribution in [3.63, 3.8) is 0 Å². The molecule has 0 spiro atoms. The van der Waals surface area contributed by atoms with Crippen molar-refractivity contribution in [2.24, 2.45) is 11.5 Å². The molecule has 0 aromatic carbocycles. The Hall–Kier alpha value is -0.930. The average molecular weight is 137 g/mol. The van der Waals surface area contributed by atoms with Gasteiger partial charge in [0.15, 0.2) is 0 Å². The lowest BCUT2D eigenvalue weighted by Gasteiger charge is -2.05. The van der Waals surface area contributed by atoms with Crippen LogP contribution in [0.1, 0.15) is 11.7 Å². The van der Waals surface area contributed by atoms with Crippen molar-refractivity contribution in [3.05, 3.63) is 30.1 Å². The minimum absolute atomic E-state index is 0.124. The maximum Gasteiger partial charge on any atom is 0.0594 e. The third-order valence-corrected chi connectivity index (χ3v) is 1.32. The summed E-state index contributed by atoms with van der Waals surface area (Å²) in [5, 5.41) is 0. The lowest BCUT2D eigenvalue weighted by Crippen LogP contribution is -2.21. The third kappa shape index (κ3) is 1.52. The lowest BCUT2D eigenvalue weighted by atomic mass is 10.2. The topological polar surface area (TPSA) is 64.9 Å². The minimum Gasteiger partial charge on any atom is -0.329 e. The SMILES string of the molecule is NC[C@H](N)c1ccccn1. The van der Waals surface area contributed by atoms with Gasteiger partial charge in [-0.1, -0.05) is 6.07 Å². The van der Waals surface area contributed by atoms with Crippen molar-refractivity contribution >= 4 is 0 Å². The highest BCUT2D eigenvalue weighted by molar-refractivity contribution is 5.07. The zero-order valence-electron chi connectivity index (χ0n) is 5.70. The highest BCUT2D eigenvalue weighted by Gasteiger charge is 2.01. The van der Waals surface area contributed by atoms with Crippen LogP contribution in [0.2, 0.25) is 0 Å². The van der Waals surface area contributed by atoms with E-state index in [1.807, 2.05) is 18.2 Å². The van der Waals surface area contributed by atoms with Gasteiger partial charge in [0.25, 0.3) is 0 Å². The molecule has 0 radical (unpaired) electrons. The second-order valence-electron chi connectivity index (χ2n) is 2.10.